The van der Waals surface area contributed by atoms with Crippen LogP contribution in [0, 0.1) is 17.7 Å². The minimum atomic E-state index is -0.410. The van der Waals surface area contributed by atoms with Crippen molar-refractivity contribution in [3.05, 3.63) is 34.6 Å². The summed E-state index contributed by atoms with van der Waals surface area (Å²) >= 11 is 5.92. The van der Waals surface area contributed by atoms with Crippen molar-refractivity contribution in [1.82, 2.24) is 0 Å². The molecule has 0 spiro atoms. The molecule has 1 N–H and O–H groups in total. The second-order valence-electron chi connectivity index (χ2n) is 5.52. The molecule has 1 saturated carbocycles. The zero-order valence-electron chi connectivity index (χ0n) is 10.7. The maximum absolute atomic E-state index is 13.3. The summed E-state index contributed by atoms with van der Waals surface area (Å²) in [6, 6.07) is 4.79. The van der Waals surface area contributed by atoms with E-state index < -0.39 is 11.9 Å². The molecule has 3 heteroatoms. The van der Waals surface area contributed by atoms with E-state index >= 15 is 0 Å². The van der Waals surface area contributed by atoms with Gasteiger partial charge < -0.3 is 5.11 Å². The molecule has 3 atom stereocenters. The Hall–Kier alpha value is -0.600. The van der Waals surface area contributed by atoms with E-state index in [1.807, 2.05) is 0 Å². The van der Waals surface area contributed by atoms with Gasteiger partial charge in [-0.25, -0.2) is 4.39 Å². The van der Waals surface area contributed by atoms with E-state index in [0.717, 1.165) is 12.8 Å². The summed E-state index contributed by atoms with van der Waals surface area (Å²) < 4.78 is 13.3. The van der Waals surface area contributed by atoms with Crippen LogP contribution < -0.4 is 0 Å². The fraction of sp³-hybridized carbons (Fsp3) is 0.600. The molecule has 0 heterocycles. The summed E-state index contributed by atoms with van der Waals surface area (Å²) in [6.45, 7) is 2.23. The van der Waals surface area contributed by atoms with Gasteiger partial charge in [0.15, 0.2) is 0 Å². The predicted octanol–water partition coefficient (Wildman–Crippen LogP) is 4.21. The Balaban J connectivity index is 2.02. The van der Waals surface area contributed by atoms with Crippen LogP contribution in [0.3, 0.4) is 0 Å². The van der Waals surface area contributed by atoms with Crippen molar-refractivity contribution in [3.63, 3.8) is 0 Å². The molecule has 1 aromatic carbocycles. The molecule has 0 saturated heterocycles. The zero-order valence-corrected chi connectivity index (χ0v) is 11.5. The van der Waals surface area contributed by atoms with Gasteiger partial charge in [-0.2, -0.15) is 0 Å². The highest BCUT2D eigenvalue weighted by molar-refractivity contribution is 6.31. The summed E-state index contributed by atoms with van der Waals surface area (Å²) in [5, 5.41) is 10.4. The third kappa shape index (κ3) is 3.24. The van der Waals surface area contributed by atoms with Crippen molar-refractivity contribution >= 4 is 11.6 Å². The molecule has 18 heavy (non-hydrogen) atoms. The quantitative estimate of drug-likeness (QED) is 0.872. The first-order chi connectivity index (χ1) is 8.58. The maximum atomic E-state index is 13.3. The maximum Gasteiger partial charge on any atom is 0.142 e. The lowest BCUT2D eigenvalue weighted by Crippen LogP contribution is -2.27. The number of hydrogen-bond donors (Lipinski definition) is 1. The standard InChI is InChI=1S/C15H20ClFO/c1-10-4-2-5-11(8-10)14(18)9-12-6-3-7-13(17)15(12)16/h3,6-7,10-11,14,18H,2,4-5,8-9H2,1H3. The fourth-order valence-corrected chi connectivity index (χ4v) is 3.13. The van der Waals surface area contributed by atoms with Crippen LogP contribution in [0.1, 0.15) is 38.2 Å². The van der Waals surface area contributed by atoms with E-state index in [-0.39, 0.29) is 5.02 Å². The number of halogens is 2. The molecule has 1 aromatic rings. The third-order valence-electron chi connectivity index (χ3n) is 3.98. The number of aliphatic hydroxyl groups excluding tert-OH is 1. The largest absolute Gasteiger partial charge is 0.392 e. The summed E-state index contributed by atoms with van der Waals surface area (Å²) in [6.07, 6.45) is 4.61. The van der Waals surface area contributed by atoms with Crippen molar-refractivity contribution in [2.24, 2.45) is 11.8 Å². The van der Waals surface area contributed by atoms with Crippen LogP contribution >= 0.6 is 11.6 Å². The van der Waals surface area contributed by atoms with Crippen LogP contribution in [0.25, 0.3) is 0 Å². The molecule has 1 aliphatic carbocycles. The average Bonchev–Trinajstić information content (AvgIpc) is 2.35. The van der Waals surface area contributed by atoms with Crippen LogP contribution in [-0.4, -0.2) is 11.2 Å². The monoisotopic (exact) mass is 270 g/mol. The van der Waals surface area contributed by atoms with Gasteiger partial charge in [-0.1, -0.05) is 43.5 Å². The topological polar surface area (TPSA) is 20.2 Å². The molecular weight excluding hydrogens is 251 g/mol. The highest BCUT2D eigenvalue weighted by atomic mass is 35.5. The Morgan fingerprint density at radius 1 is 1.44 bits per heavy atom. The van der Waals surface area contributed by atoms with Crippen LogP contribution in [0.2, 0.25) is 5.02 Å². The number of benzene rings is 1. The molecule has 2 rings (SSSR count). The molecule has 0 amide bonds. The van der Waals surface area contributed by atoms with E-state index in [9.17, 15) is 9.50 Å². The molecule has 100 valence electrons. The molecule has 1 nitrogen and oxygen atoms in total. The van der Waals surface area contributed by atoms with Crippen molar-refractivity contribution < 1.29 is 9.50 Å². The summed E-state index contributed by atoms with van der Waals surface area (Å²) in [4.78, 5) is 0. The first-order valence-electron chi connectivity index (χ1n) is 6.69. The van der Waals surface area contributed by atoms with E-state index in [1.54, 1.807) is 12.1 Å². The average molecular weight is 271 g/mol. The van der Waals surface area contributed by atoms with Crippen LogP contribution in [-0.2, 0) is 6.42 Å². The molecule has 1 aliphatic rings. The van der Waals surface area contributed by atoms with Gasteiger partial charge in [0.2, 0.25) is 0 Å². The number of hydrogen-bond acceptors (Lipinski definition) is 1. The van der Waals surface area contributed by atoms with Crippen molar-refractivity contribution in [1.29, 1.82) is 0 Å². The molecule has 1 fully saturated rings. The normalized spacial score (nSPS) is 26.0. The van der Waals surface area contributed by atoms with Crippen molar-refractivity contribution in [2.75, 3.05) is 0 Å². The summed E-state index contributed by atoms with van der Waals surface area (Å²) in [5.41, 5.74) is 0.711. The number of rotatable bonds is 3. The van der Waals surface area contributed by atoms with E-state index in [4.69, 9.17) is 11.6 Å². The molecule has 0 aliphatic heterocycles. The van der Waals surface area contributed by atoms with E-state index in [0.29, 0.717) is 23.8 Å². The summed E-state index contributed by atoms with van der Waals surface area (Å²) in [5.74, 6) is 0.604. The first-order valence-corrected chi connectivity index (χ1v) is 7.06. The highest BCUT2D eigenvalue weighted by Crippen LogP contribution is 2.32. The first kappa shape index (κ1) is 13.8. The highest BCUT2D eigenvalue weighted by Gasteiger charge is 2.26. The lowest BCUT2D eigenvalue weighted by Gasteiger charge is -2.30. The lowest BCUT2D eigenvalue weighted by molar-refractivity contribution is 0.0720. The van der Waals surface area contributed by atoms with Gasteiger partial charge in [0.1, 0.15) is 5.82 Å². The Morgan fingerprint density at radius 2 is 2.22 bits per heavy atom. The second kappa shape index (κ2) is 6.03. The third-order valence-corrected chi connectivity index (χ3v) is 4.41. The van der Waals surface area contributed by atoms with Crippen molar-refractivity contribution in [3.8, 4) is 0 Å². The van der Waals surface area contributed by atoms with Crippen LogP contribution in [0.5, 0.6) is 0 Å². The van der Waals surface area contributed by atoms with Crippen molar-refractivity contribution in [2.45, 2.75) is 45.1 Å². The fourth-order valence-electron chi connectivity index (χ4n) is 2.93. The second-order valence-corrected chi connectivity index (χ2v) is 5.89. The minimum absolute atomic E-state index is 0.153. The van der Waals surface area contributed by atoms with Gasteiger partial charge in [-0.3, -0.25) is 0 Å². The molecule has 0 radical (unpaired) electrons. The van der Waals surface area contributed by atoms with Gasteiger partial charge in [0.25, 0.3) is 0 Å². The Labute approximate surface area is 113 Å². The predicted molar refractivity (Wildman–Crippen MR) is 72.2 cm³/mol. The molecule has 3 unspecified atom stereocenters. The lowest BCUT2D eigenvalue weighted by atomic mass is 9.78. The van der Waals surface area contributed by atoms with Crippen LogP contribution in [0.4, 0.5) is 4.39 Å². The Morgan fingerprint density at radius 3 is 2.94 bits per heavy atom. The SMILES string of the molecule is CC1CCCC(C(O)Cc2cccc(F)c2Cl)C1. The van der Waals surface area contributed by atoms with E-state index in [2.05, 4.69) is 6.92 Å². The Bertz CT molecular complexity index is 407. The zero-order chi connectivity index (χ0) is 13.1. The molecule has 0 bridgehead atoms. The minimum Gasteiger partial charge on any atom is -0.392 e. The molecule has 0 aromatic heterocycles. The molecular formula is C15H20ClFO. The van der Waals surface area contributed by atoms with Gasteiger partial charge in [0.05, 0.1) is 11.1 Å². The summed E-state index contributed by atoms with van der Waals surface area (Å²) in [7, 11) is 0. The van der Waals surface area contributed by atoms with Gasteiger partial charge in [-0.15, -0.1) is 0 Å². The van der Waals surface area contributed by atoms with Crippen LogP contribution in [0.15, 0.2) is 18.2 Å². The van der Waals surface area contributed by atoms with Gasteiger partial charge >= 0.3 is 0 Å². The van der Waals surface area contributed by atoms with Gasteiger partial charge in [0, 0.05) is 6.42 Å². The smallest absolute Gasteiger partial charge is 0.142 e. The van der Waals surface area contributed by atoms with E-state index in [1.165, 1.54) is 18.9 Å². The van der Waals surface area contributed by atoms with Gasteiger partial charge in [-0.05, 0) is 36.3 Å². The number of aliphatic hydroxyl groups is 1. The Kier molecular flexibility index (Phi) is 4.63.